The van der Waals surface area contributed by atoms with Crippen LogP contribution in [0.1, 0.15) is 35.3 Å². The van der Waals surface area contributed by atoms with Crippen molar-refractivity contribution in [2.24, 2.45) is 0 Å². The third kappa shape index (κ3) is 4.03. The van der Waals surface area contributed by atoms with Gasteiger partial charge in [-0.1, -0.05) is 25.4 Å². The number of hydrogen-bond acceptors (Lipinski definition) is 3. The Morgan fingerprint density at radius 2 is 2.00 bits per heavy atom. The van der Waals surface area contributed by atoms with Crippen LogP contribution in [-0.4, -0.2) is 11.5 Å². The second-order valence-corrected chi connectivity index (χ2v) is 6.13. The van der Waals surface area contributed by atoms with Crippen molar-refractivity contribution in [3.05, 3.63) is 50.9 Å². The van der Waals surface area contributed by atoms with Gasteiger partial charge in [0.15, 0.2) is 0 Å². The van der Waals surface area contributed by atoms with Gasteiger partial charge in [-0.3, -0.25) is 4.98 Å². The molecule has 2 heterocycles. The fourth-order valence-electron chi connectivity index (χ4n) is 2.04. The van der Waals surface area contributed by atoms with Crippen LogP contribution in [0.15, 0.2) is 30.5 Å². The molecule has 1 unspecified atom stereocenters. The van der Waals surface area contributed by atoms with Gasteiger partial charge in [-0.15, -0.1) is 11.3 Å². The Kier molecular flexibility index (Phi) is 5.37. The van der Waals surface area contributed by atoms with E-state index in [1.165, 1.54) is 9.75 Å². The maximum Gasteiger partial charge on any atom is 0.0589 e. The minimum Gasteiger partial charge on any atom is -0.309 e. The topological polar surface area (TPSA) is 24.9 Å². The van der Waals surface area contributed by atoms with Crippen LogP contribution in [0, 0.1) is 0 Å². The molecule has 102 valence electrons. The Labute approximate surface area is 123 Å². The number of rotatable bonds is 6. The van der Waals surface area contributed by atoms with Gasteiger partial charge in [0.25, 0.3) is 0 Å². The summed E-state index contributed by atoms with van der Waals surface area (Å²) in [4.78, 5) is 7.27. The highest BCUT2D eigenvalue weighted by atomic mass is 35.5. The minimum absolute atomic E-state index is 0.255. The summed E-state index contributed by atoms with van der Waals surface area (Å²) in [6, 6.07) is 8.61. The summed E-state index contributed by atoms with van der Waals surface area (Å²) in [6.07, 6.45) is 3.80. The lowest BCUT2D eigenvalue weighted by atomic mass is 10.1. The zero-order valence-electron chi connectivity index (χ0n) is 11.3. The second-order valence-electron chi connectivity index (χ2n) is 4.44. The van der Waals surface area contributed by atoms with Gasteiger partial charge in [0.2, 0.25) is 0 Å². The Bertz CT molecular complexity index is 507. The molecule has 0 radical (unpaired) electrons. The van der Waals surface area contributed by atoms with Gasteiger partial charge >= 0.3 is 0 Å². The average molecular weight is 295 g/mol. The van der Waals surface area contributed by atoms with Crippen molar-refractivity contribution in [1.82, 2.24) is 10.3 Å². The van der Waals surface area contributed by atoms with Gasteiger partial charge in [-0.05, 0) is 37.2 Å². The van der Waals surface area contributed by atoms with Gasteiger partial charge in [0.05, 0.1) is 16.8 Å². The molecule has 4 heteroatoms. The zero-order chi connectivity index (χ0) is 13.7. The molecule has 0 bridgehead atoms. The number of pyridine rings is 1. The molecular formula is C15H19ClN2S. The molecule has 0 spiro atoms. The monoisotopic (exact) mass is 294 g/mol. The number of halogens is 1. The fourth-order valence-corrected chi connectivity index (χ4v) is 3.16. The first kappa shape index (κ1) is 14.5. The maximum absolute atomic E-state index is 5.89. The highest BCUT2D eigenvalue weighted by Crippen LogP contribution is 2.24. The van der Waals surface area contributed by atoms with Crippen LogP contribution in [0.3, 0.4) is 0 Å². The van der Waals surface area contributed by atoms with E-state index >= 15 is 0 Å². The van der Waals surface area contributed by atoms with E-state index in [2.05, 4.69) is 36.3 Å². The third-order valence-electron chi connectivity index (χ3n) is 3.03. The molecule has 1 atom stereocenters. The van der Waals surface area contributed by atoms with Crippen molar-refractivity contribution in [2.75, 3.05) is 6.54 Å². The van der Waals surface area contributed by atoms with Crippen LogP contribution in [0.4, 0.5) is 0 Å². The Hall–Kier alpha value is -0.900. The molecule has 19 heavy (non-hydrogen) atoms. The number of aryl methyl sites for hydroxylation is 1. The summed E-state index contributed by atoms with van der Waals surface area (Å²) in [5.41, 5.74) is 1.05. The number of aromatic nitrogens is 1. The van der Waals surface area contributed by atoms with E-state index in [0.29, 0.717) is 5.02 Å². The molecule has 0 fully saturated rings. The predicted molar refractivity (Wildman–Crippen MR) is 83.1 cm³/mol. The molecule has 0 saturated carbocycles. The van der Waals surface area contributed by atoms with E-state index in [-0.39, 0.29) is 6.04 Å². The molecule has 2 aromatic rings. The van der Waals surface area contributed by atoms with Crippen molar-refractivity contribution in [3.8, 4) is 0 Å². The molecule has 1 N–H and O–H groups in total. The lowest BCUT2D eigenvalue weighted by molar-refractivity contribution is 0.540. The SMILES string of the molecule is CCNC(Cc1ccc(CC)s1)c1ccc(Cl)cn1. The van der Waals surface area contributed by atoms with Crippen LogP contribution >= 0.6 is 22.9 Å². The van der Waals surface area contributed by atoms with Crippen LogP contribution in [0.5, 0.6) is 0 Å². The van der Waals surface area contributed by atoms with Crippen LogP contribution in [0.25, 0.3) is 0 Å². The molecule has 0 aliphatic carbocycles. The number of likely N-dealkylation sites (N-methyl/N-ethyl adjacent to an activating group) is 1. The highest BCUT2D eigenvalue weighted by Gasteiger charge is 2.13. The highest BCUT2D eigenvalue weighted by molar-refractivity contribution is 7.11. The van der Waals surface area contributed by atoms with Gasteiger partial charge < -0.3 is 5.32 Å². The molecule has 2 nitrogen and oxygen atoms in total. The lowest BCUT2D eigenvalue weighted by Gasteiger charge is -2.16. The van der Waals surface area contributed by atoms with E-state index < -0.39 is 0 Å². The van der Waals surface area contributed by atoms with E-state index in [4.69, 9.17) is 11.6 Å². The molecular weight excluding hydrogens is 276 g/mol. The molecule has 0 saturated heterocycles. The summed E-state index contributed by atoms with van der Waals surface area (Å²) >= 11 is 7.79. The van der Waals surface area contributed by atoms with Crippen molar-refractivity contribution in [2.45, 2.75) is 32.7 Å². The van der Waals surface area contributed by atoms with Crippen LogP contribution in [0.2, 0.25) is 5.02 Å². The van der Waals surface area contributed by atoms with Crippen LogP contribution in [-0.2, 0) is 12.8 Å². The molecule has 2 aromatic heterocycles. The summed E-state index contributed by atoms with van der Waals surface area (Å²) in [6.45, 7) is 5.24. The molecule has 0 amide bonds. The number of nitrogens with zero attached hydrogens (tertiary/aromatic N) is 1. The average Bonchev–Trinajstić information content (AvgIpc) is 2.87. The molecule has 0 aliphatic heterocycles. The quantitative estimate of drug-likeness (QED) is 0.861. The second kappa shape index (κ2) is 7.04. The largest absolute Gasteiger partial charge is 0.309 e. The molecule has 2 rings (SSSR count). The Morgan fingerprint density at radius 3 is 2.58 bits per heavy atom. The number of hydrogen-bond donors (Lipinski definition) is 1. The standard InChI is InChI=1S/C15H19ClN2S/c1-3-12-6-7-13(19-12)9-15(17-4-2)14-8-5-11(16)10-18-14/h5-8,10,15,17H,3-4,9H2,1-2H3. The summed E-state index contributed by atoms with van der Waals surface area (Å²) < 4.78 is 0. The first-order valence-electron chi connectivity index (χ1n) is 6.65. The van der Waals surface area contributed by atoms with Gasteiger partial charge in [-0.2, -0.15) is 0 Å². The first-order chi connectivity index (χ1) is 9.22. The summed E-state index contributed by atoms with van der Waals surface area (Å²) in [5.74, 6) is 0. The lowest BCUT2D eigenvalue weighted by Crippen LogP contribution is -2.23. The van der Waals surface area contributed by atoms with E-state index in [1.807, 2.05) is 23.5 Å². The van der Waals surface area contributed by atoms with Gasteiger partial charge in [0.1, 0.15) is 0 Å². The molecule has 0 aliphatic rings. The normalized spacial score (nSPS) is 12.6. The predicted octanol–water partition coefficient (Wildman–Crippen LogP) is 4.25. The number of nitrogens with one attached hydrogen (secondary N) is 1. The van der Waals surface area contributed by atoms with Crippen LogP contribution < -0.4 is 5.32 Å². The van der Waals surface area contributed by atoms with Crippen molar-refractivity contribution in [3.63, 3.8) is 0 Å². The van der Waals surface area contributed by atoms with E-state index in [9.17, 15) is 0 Å². The molecule has 0 aromatic carbocycles. The smallest absolute Gasteiger partial charge is 0.0589 e. The van der Waals surface area contributed by atoms with E-state index in [0.717, 1.165) is 25.1 Å². The Morgan fingerprint density at radius 1 is 1.21 bits per heavy atom. The third-order valence-corrected chi connectivity index (χ3v) is 4.50. The minimum atomic E-state index is 0.255. The zero-order valence-corrected chi connectivity index (χ0v) is 12.9. The maximum atomic E-state index is 5.89. The van der Waals surface area contributed by atoms with Crippen molar-refractivity contribution >= 4 is 22.9 Å². The summed E-state index contributed by atoms with van der Waals surface area (Å²) in [5, 5.41) is 4.18. The van der Waals surface area contributed by atoms with Gasteiger partial charge in [-0.25, -0.2) is 0 Å². The summed E-state index contributed by atoms with van der Waals surface area (Å²) in [7, 11) is 0. The van der Waals surface area contributed by atoms with Gasteiger partial charge in [0, 0.05) is 22.4 Å². The fraction of sp³-hybridized carbons (Fsp3) is 0.400. The Balaban J connectivity index is 2.13. The van der Waals surface area contributed by atoms with E-state index in [1.54, 1.807) is 6.20 Å². The number of thiophene rings is 1. The van der Waals surface area contributed by atoms with Crippen molar-refractivity contribution < 1.29 is 0 Å². The van der Waals surface area contributed by atoms with Crippen molar-refractivity contribution in [1.29, 1.82) is 0 Å². The first-order valence-corrected chi connectivity index (χ1v) is 7.84.